The predicted octanol–water partition coefficient (Wildman–Crippen LogP) is 3.35. The second-order valence-corrected chi connectivity index (χ2v) is 8.07. The number of carbonyl (C=O) groups excluding carboxylic acids is 1. The Hall–Kier alpha value is -2.48. The first kappa shape index (κ1) is 19.8. The van der Waals surface area contributed by atoms with Gasteiger partial charge >= 0.3 is 0 Å². The van der Waals surface area contributed by atoms with Crippen LogP contribution < -0.4 is 9.64 Å². The van der Waals surface area contributed by atoms with Gasteiger partial charge in [-0.2, -0.15) is 0 Å². The van der Waals surface area contributed by atoms with Gasteiger partial charge in [-0.1, -0.05) is 41.2 Å². The van der Waals surface area contributed by atoms with E-state index >= 15 is 0 Å². The first-order valence-corrected chi connectivity index (χ1v) is 10.7. The maximum absolute atomic E-state index is 13.1. The molecule has 6 nitrogen and oxygen atoms in total. The van der Waals surface area contributed by atoms with Gasteiger partial charge in [0.05, 0.1) is 23.4 Å². The normalized spacial score (nSPS) is 14.8. The summed E-state index contributed by atoms with van der Waals surface area (Å²) in [6.45, 7) is 6.64. The monoisotopic (exact) mass is 411 g/mol. The second kappa shape index (κ2) is 9.35. The van der Waals surface area contributed by atoms with Crippen LogP contribution in [0.2, 0.25) is 0 Å². The predicted molar refractivity (Wildman–Crippen MR) is 116 cm³/mol. The lowest BCUT2D eigenvalue weighted by Gasteiger charge is -2.29. The van der Waals surface area contributed by atoms with Crippen LogP contribution in [0.1, 0.15) is 5.56 Å². The summed E-state index contributed by atoms with van der Waals surface area (Å²) in [5.74, 6) is 0.610. The number of nitrogens with zero attached hydrogens (tertiary/aromatic N) is 3. The molecule has 29 heavy (non-hydrogen) atoms. The van der Waals surface area contributed by atoms with E-state index in [2.05, 4.69) is 9.88 Å². The van der Waals surface area contributed by atoms with Crippen LogP contribution in [-0.2, 0) is 9.53 Å². The molecular formula is C22H25N3O3S. The Morgan fingerprint density at radius 1 is 1.17 bits per heavy atom. The zero-order valence-corrected chi connectivity index (χ0v) is 17.4. The third kappa shape index (κ3) is 5.12. The number of hydrogen-bond acceptors (Lipinski definition) is 6. The van der Waals surface area contributed by atoms with E-state index in [1.807, 2.05) is 55.5 Å². The number of fused-ring (bicyclic) bond motifs is 1. The average Bonchev–Trinajstić information content (AvgIpc) is 3.18. The number of thiazole rings is 1. The first-order valence-electron chi connectivity index (χ1n) is 9.84. The zero-order valence-electron chi connectivity index (χ0n) is 16.5. The van der Waals surface area contributed by atoms with Gasteiger partial charge in [-0.25, -0.2) is 4.98 Å². The van der Waals surface area contributed by atoms with Crippen molar-refractivity contribution >= 4 is 32.6 Å². The van der Waals surface area contributed by atoms with Gasteiger partial charge in [-0.3, -0.25) is 14.6 Å². The number of benzene rings is 2. The van der Waals surface area contributed by atoms with Crippen molar-refractivity contribution in [3.63, 3.8) is 0 Å². The van der Waals surface area contributed by atoms with Crippen LogP contribution in [0, 0.1) is 6.92 Å². The summed E-state index contributed by atoms with van der Waals surface area (Å²) in [4.78, 5) is 21.8. The zero-order chi connectivity index (χ0) is 20.1. The van der Waals surface area contributed by atoms with Gasteiger partial charge in [-0.05, 0) is 31.2 Å². The van der Waals surface area contributed by atoms with Crippen LogP contribution in [0.3, 0.4) is 0 Å². The molecule has 3 aromatic rings. The number of morpholine rings is 1. The van der Waals surface area contributed by atoms with E-state index in [0.29, 0.717) is 12.3 Å². The highest BCUT2D eigenvalue weighted by Crippen LogP contribution is 2.28. The van der Waals surface area contributed by atoms with Gasteiger partial charge in [0, 0.05) is 26.2 Å². The summed E-state index contributed by atoms with van der Waals surface area (Å²) in [5.41, 5.74) is 2.07. The number of hydrogen-bond donors (Lipinski definition) is 0. The van der Waals surface area contributed by atoms with E-state index < -0.39 is 0 Å². The van der Waals surface area contributed by atoms with E-state index in [1.165, 1.54) is 11.3 Å². The molecular weight excluding hydrogens is 386 g/mol. The molecule has 1 aliphatic heterocycles. The molecule has 0 saturated carbocycles. The molecule has 1 fully saturated rings. The van der Waals surface area contributed by atoms with Crippen LogP contribution >= 0.6 is 11.3 Å². The molecule has 152 valence electrons. The van der Waals surface area contributed by atoms with E-state index in [1.54, 1.807) is 4.90 Å². The van der Waals surface area contributed by atoms with Gasteiger partial charge in [0.25, 0.3) is 5.91 Å². The van der Waals surface area contributed by atoms with Crippen LogP contribution in [0.4, 0.5) is 5.13 Å². The van der Waals surface area contributed by atoms with Crippen molar-refractivity contribution < 1.29 is 14.3 Å². The van der Waals surface area contributed by atoms with Crippen LogP contribution in [0.5, 0.6) is 5.75 Å². The van der Waals surface area contributed by atoms with Gasteiger partial charge in [0.15, 0.2) is 11.7 Å². The number of amides is 1. The molecule has 0 aliphatic carbocycles. The summed E-state index contributed by atoms with van der Waals surface area (Å²) in [5, 5.41) is 0.719. The summed E-state index contributed by atoms with van der Waals surface area (Å²) >= 11 is 1.54. The number of rotatable bonds is 7. The lowest BCUT2D eigenvalue weighted by Crippen LogP contribution is -2.44. The molecule has 2 heterocycles. The molecule has 1 amide bonds. The van der Waals surface area contributed by atoms with E-state index in [4.69, 9.17) is 9.47 Å². The molecule has 1 aliphatic rings. The molecule has 2 aromatic carbocycles. The van der Waals surface area contributed by atoms with Crippen molar-refractivity contribution in [2.24, 2.45) is 0 Å². The third-order valence-corrected chi connectivity index (χ3v) is 6.00. The Morgan fingerprint density at radius 3 is 2.69 bits per heavy atom. The molecule has 0 atom stereocenters. The van der Waals surface area contributed by atoms with Crippen molar-refractivity contribution in [3.05, 3.63) is 54.1 Å². The Kier molecular flexibility index (Phi) is 6.39. The van der Waals surface area contributed by atoms with Crippen LogP contribution in [-0.4, -0.2) is 61.8 Å². The lowest BCUT2D eigenvalue weighted by atomic mass is 10.2. The van der Waals surface area contributed by atoms with Crippen molar-refractivity contribution in [3.8, 4) is 5.75 Å². The van der Waals surface area contributed by atoms with Gasteiger partial charge in [0.2, 0.25) is 0 Å². The minimum Gasteiger partial charge on any atom is -0.484 e. The first-order chi connectivity index (χ1) is 14.2. The van der Waals surface area contributed by atoms with Crippen molar-refractivity contribution in [2.45, 2.75) is 6.92 Å². The molecule has 0 bridgehead atoms. The van der Waals surface area contributed by atoms with Crippen LogP contribution in [0.15, 0.2) is 48.5 Å². The fourth-order valence-corrected chi connectivity index (χ4v) is 4.24. The smallest absolute Gasteiger partial charge is 0.266 e. The number of para-hydroxylation sites is 1. The van der Waals surface area contributed by atoms with Crippen molar-refractivity contribution in [1.29, 1.82) is 0 Å². The molecule has 0 N–H and O–H groups in total. The van der Waals surface area contributed by atoms with Crippen LogP contribution in [0.25, 0.3) is 10.2 Å². The Labute approximate surface area is 174 Å². The van der Waals surface area contributed by atoms with Gasteiger partial charge in [-0.15, -0.1) is 0 Å². The Bertz CT molecular complexity index is 918. The SMILES string of the molecule is Cc1ccc(OCC(=O)N(CCN2CCOCC2)c2nc3ccccc3s2)cc1. The van der Waals surface area contributed by atoms with Crippen molar-refractivity contribution in [1.82, 2.24) is 9.88 Å². The number of anilines is 1. The highest BCUT2D eigenvalue weighted by Gasteiger charge is 2.22. The molecule has 1 aromatic heterocycles. The maximum Gasteiger partial charge on any atom is 0.266 e. The number of ether oxygens (including phenoxy) is 2. The van der Waals surface area contributed by atoms with E-state index in [-0.39, 0.29) is 12.5 Å². The Morgan fingerprint density at radius 2 is 1.93 bits per heavy atom. The third-order valence-electron chi connectivity index (χ3n) is 4.94. The molecule has 7 heteroatoms. The molecule has 1 saturated heterocycles. The molecule has 0 unspecified atom stereocenters. The lowest BCUT2D eigenvalue weighted by molar-refractivity contribution is -0.120. The minimum absolute atomic E-state index is 0.0118. The van der Waals surface area contributed by atoms with Gasteiger partial charge in [0.1, 0.15) is 5.75 Å². The fraction of sp³-hybridized carbons (Fsp3) is 0.364. The molecule has 4 rings (SSSR count). The minimum atomic E-state index is -0.0853. The molecule has 0 spiro atoms. The maximum atomic E-state index is 13.1. The standard InChI is InChI=1S/C22H25N3O3S/c1-17-6-8-18(9-7-17)28-16-21(26)25(11-10-24-12-14-27-15-13-24)22-23-19-4-2-3-5-20(19)29-22/h2-9H,10-16H2,1H3. The summed E-state index contributed by atoms with van der Waals surface area (Å²) in [6.07, 6.45) is 0. The second-order valence-electron chi connectivity index (χ2n) is 7.07. The number of carbonyl (C=O) groups is 1. The summed E-state index contributed by atoms with van der Waals surface area (Å²) in [7, 11) is 0. The fourth-order valence-electron chi connectivity index (χ4n) is 3.23. The quantitative estimate of drug-likeness (QED) is 0.597. The highest BCUT2D eigenvalue weighted by atomic mass is 32.1. The molecule has 0 radical (unpaired) electrons. The van der Waals surface area contributed by atoms with Crippen molar-refractivity contribution in [2.75, 3.05) is 50.9 Å². The summed E-state index contributed by atoms with van der Waals surface area (Å²) in [6, 6.07) is 15.7. The Balaban J connectivity index is 1.48. The van der Waals surface area contributed by atoms with E-state index in [9.17, 15) is 4.79 Å². The van der Waals surface area contributed by atoms with E-state index in [0.717, 1.165) is 53.8 Å². The topological polar surface area (TPSA) is 54.9 Å². The largest absolute Gasteiger partial charge is 0.484 e. The highest BCUT2D eigenvalue weighted by molar-refractivity contribution is 7.22. The number of aryl methyl sites for hydroxylation is 1. The number of aromatic nitrogens is 1. The average molecular weight is 412 g/mol. The summed E-state index contributed by atoms with van der Waals surface area (Å²) < 4.78 is 12.2. The van der Waals surface area contributed by atoms with Gasteiger partial charge < -0.3 is 9.47 Å².